The monoisotopic (exact) mass is 715 g/mol. The summed E-state index contributed by atoms with van der Waals surface area (Å²) in [5, 5.41) is 15.6. The molecule has 1 amide bonds. The SMILES string of the molecule is CN1c2ccccc2C(=O)N2CCc3c(n(CCOC(=O)CCC(=O)OCCOc4no[n+]([O-])c4S(=O)(=O)c4ccccc4)c4ccccc34)C21. The van der Waals surface area contributed by atoms with Gasteiger partial charge in [0, 0.05) is 24.5 Å². The Hall–Kier alpha value is -5.90. The van der Waals surface area contributed by atoms with Gasteiger partial charge < -0.3 is 33.8 Å². The highest BCUT2D eigenvalue weighted by atomic mass is 32.2. The second kappa shape index (κ2) is 13.8. The molecule has 0 saturated heterocycles. The molecule has 3 aromatic carbocycles. The van der Waals surface area contributed by atoms with E-state index in [0.717, 1.165) is 27.8 Å². The van der Waals surface area contributed by atoms with E-state index in [2.05, 4.69) is 25.3 Å². The van der Waals surface area contributed by atoms with Crippen molar-refractivity contribution in [3.8, 4) is 5.88 Å². The van der Waals surface area contributed by atoms with E-state index in [1.54, 1.807) is 6.07 Å². The minimum Gasteiger partial charge on any atom is -0.464 e. The molecule has 264 valence electrons. The van der Waals surface area contributed by atoms with Crippen molar-refractivity contribution in [1.29, 1.82) is 0 Å². The molecule has 1 atom stereocenters. The molecule has 0 fully saturated rings. The van der Waals surface area contributed by atoms with Gasteiger partial charge in [-0.15, -0.1) is 0 Å². The molecule has 51 heavy (non-hydrogen) atoms. The lowest BCUT2D eigenvalue weighted by Gasteiger charge is -2.46. The van der Waals surface area contributed by atoms with Gasteiger partial charge in [-0.3, -0.25) is 19.0 Å². The number of carbonyl (C=O) groups is 3. The highest BCUT2D eigenvalue weighted by molar-refractivity contribution is 7.91. The first-order valence-corrected chi connectivity index (χ1v) is 17.7. The summed E-state index contributed by atoms with van der Waals surface area (Å²) in [5.41, 5.74) is 4.64. The van der Waals surface area contributed by atoms with Crippen molar-refractivity contribution in [1.82, 2.24) is 14.6 Å². The topological polar surface area (TPSA) is 177 Å². The number of aromatic nitrogens is 3. The van der Waals surface area contributed by atoms with Gasteiger partial charge in [0.1, 0.15) is 26.0 Å². The van der Waals surface area contributed by atoms with Crippen LogP contribution in [0.2, 0.25) is 0 Å². The van der Waals surface area contributed by atoms with E-state index in [0.29, 0.717) is 25.1 Å². The van der Waals surface area contributed by atoms with Crippen molar-refractivity contribution in [2.75, 3.05) is 38.3 Å². The summed E-state index contributed by atoms with van der Waals surface area (Å²) in [5.74, 6) is -1.89. The van der Waals surface area contributed by atoms with E-state index in [-0.39, 0.29) is 54.5 Å². The number of ether oxygens (including phenoxy) is 3. The van der Waals surface area contributed by atoms with E-state index in [9.17, 15) is 28.0 Å². The Bertz CT molecular complexity index is 2230. The van der Waals surface area contributed by atoms with Crippen molar-refractivity contribution in [2.24, 2.45) is 0 Å². The van der Waals surface area contributed by atoms with Gasteiger partial charge in [-0.1, -0.05) is 48.5 Å². The van der Waals surface area contributed by atoms with Gasteiger partial charge in [-0.2, -0.15) is 0 Å². The number of fused-ring (bicyclic) bond motifs is 6. The molecule has 2 aliphatic heterocycles. The van der Waals surface area contributed by atoms with E-state index in [4.69, 9.17) is 14.2 Å². The van der Waals surface area contributed by atoms with Gasteiger partial charge in [-0.05, 0) is 47.2 Å². The number of amides is 1. The first-order chi connectivity index (χ1) is 24.7. The maximum atomic E-state index is 13.5. The minimum absolute atomic E-state index is 0.0180. The van der Waals surface area contributed by atoms with E-state index >= 15 is 0 Å². The molecule has 15 nitrogen and oxygen atoms in total. The Kier molecular flexibility index (Phi) is 9.08. The zero-order chi connectivity index (χ0) is 35.7. The number of esters is 2. The van der Waals surface area contributed by atoms with Crippen LogP contribution in [0.1, 0.15) is 40.6 Å². The molecule has 0 radical (unpaired) electrons. The van der Waals surface area contributed by atoms with Crippen LogP contribution in [0.4, 0.5) is 5.69 Å². The zero-order valence-corrected chi connectivity index (χ0v) is 28.3. The lowest BCUT2D eigenvalue weighted by atomic mass is 9.96. The lowest BCUT2D eigenvalue weighted by molar-refractivity contribution is -0.832. The molecule has 1 unspecified atom stereocenters. The smallest absolute Gasteiger partial charge is 0.415 e. The van der Waals surface area contributed by atoms with Crippen molar-refractivity contribution in [3.63, 3.8) is 0 Å². The Labute approximate surface area is 292 Å². The predicted octanol–water partition coefficient (Wildman–Crippen LogP) is 3.19. The largest absolute Gasteiger partial charge is 0.464 e. The molecule has 0 N–H and O–H groups in total. The quantitative estimate of drug-likeness (QED) is 0.105. The highest BCUT2D eigenvalue weighted by Gasteiger charge is 2.42. The standard InChI is InChI=1S/C35H33N5O10S/c1-37-27-13-7-6-12-26(27)34(43)39-18-17-25-24-11-5-8-14-28(24)38(31(25)33(37)39)19-20-47-29(41)15-16-30(42)48-21-22-49-32-35(40(44)50-36-32)51(45,46)23-9-3-2-4-10-23/h2-14,33H,15-22H2,1H3. The Morgan fingerprint density at radius 2 is 1.63 bits per heavy atom. The molecule has 0 spiro atoms. The molecule has 4 heterocycles. The summed E-state index contributed by atoms with van der Waals surface area (Å²) in [6.07, 6.45) is -0.127. The third kappa shape index (κ3) is 6.22. The van der Waals surface area contributed by atoms with Gasteiger partial charge in [0.15, 0.2) is 0 Å². The summed E-state index contributed by atoms with van der Waals surface area (Å²) in [4.78, 5) is 42.1. The molecular formula is C35H33N5O10S. The molecule has 2 aromatic heterocycles. The van der Waals surface area contributed by atoms with Crippen LogP contribution in [0.25, 0.3) is 10.9 Å². The molecule has 7 rings (SSSR count). The fourth-order valence-electron chi connectivity index (χ4n) is 6.68. The second-order valence-electron chi connectivity index (χ2n) is 11.9. The van der Waals surface area contributed by atoms with Crippen LogP contribution in [-0.4, -0.2) is 74.3 Å². The maximum absolute atomic E-state index is 13.5. The molecule has 0 saturated carbocycles. The number of anilines is 1. The second-order valence-corrected chi connectivity index (χ2v) is 13.8. The first-order valence-electron chi connectivity index (χ1n) is 16.2. The first kappa shape index (κ1) is 33.6. The Morgan fingerprint density at radius 1 is 0.941 bits per heavy atom. The molecule has 16 heteroatoms. The Morgan fingerprint density at radius 3 is 2.41 bits per heavy atom. The number of sulfone groups is 1. The fraction of sp³-hybridized carbons (Fsp3) is 0.286. The molecule has 2 aliphatic rings. The van der Waals surface area contributed by atoms with Crippen LogP contribution in [0.3, 0.4) is 0 Å². The number of carbonyl (C=O) groups excluding carboxylic acids is 3. The number of benzene rings is 3. The van der Waals surface area contributed by atoms with Crippen molar-refractivity contribution in [2.45, 2.75) is 41.9 Å². The average molecular weight is 716 g/mol. The molecule has 0 aliphatic carbocycles. The van der Waals surface area contributed by atoms with Crippen LogP contribution in [0.15, 0.2) is 93.4 Å². The maximum Gasteiger partial charge on any atom is 0.415 e. The van der Waals surface area contributed by atoms with Gasteiger partial charge >= 0.3 is 22.8 Å². The highest BCUT2D eigenvalue weighted by Crippen LogP contribution is 2.44. The van der Waals surface area contributed by atoms with Crippen LogP contribution in [-0.2, 0) is 41.9 Å². The van der Waals surface area contributed by atoms with Crippen molar-refractivity contribution in [3.05, 3.63) is 101 Å². The number of nitrogens with zero attached hydrogens (tertiary/aromatic N) is 5. The van der Waals surface area contributed by atoms with Crippen molar-refractivity contribution < 1.29 is 46.5 Å². The van der Waals surface area contributed by atoms with E-state index < -0.39 is 32.7 Å². The summed E-state index contributed by atoms with van der Waals surface area (Å²) in [7, 11) is -2.32. The normalized spacial score (nSPS) is 15.2. The van der Waals surface area contributed by atoms with E-state index in [1.807, 2.05) is 54.4 Å². The van der Waals surface area contributed by atoms with Crippen LogP contribution < -0.4 is 14.5 Å². The fourth-order valence-corrected chi connectivity index (χ4v) is 7.98. The van der Waals surface area contributed by atoms with Crippen LogP contribution >= 0.6 is 0 Å². The third-order valence-electron chi connectivity index (χ3n) is 8.96. The number of para-hydroxylation sites is 2. The predicted molar refractivity (Wildman–Crippen MR) is 178 cm³/mol. The zero-order valence-electron chi connectivity index (χ0n) is 27.5. The van der Waals surface area contributed by atoms with Crippen molar-refractivity contribution >= 4 is 44.3 Å². The molecule has 0 bridgehead atoms. The van der Waals surface area contributed by atoms with Gasteiger partial charge in [0.25, 0.3) is 15.7 Å². The average Bonchev–Trinajstić information content (AvgIpc) is 3.69. The van der Waals surface area contributed by atoms with E-state index in [1.165, 1.54) is 24.3 Å². The van der Waals surface area contributed by atoms with Gasteiger partial charge in [0.05, 0.1) is 46.4 Å². The molecular weight excluding hydrogens is 682 g/mol. The van der Waals surface area contributed by atoms with Crippen LogP contribution in [0.5, 0.6) is 5.88 Å². The summed E-state index contributed by atoms with van der Waals surface area (Å²) in [6.45, 7) is 0.317. The van der Waals surface area contributed by atoms with Gasteiger partial charge in [-0.25, -0.2) is 8.42 Å². The minimum atomic E-state index is -4.30. The number of rotatable bonds is 12. The summed E-state index contributed by atoms with van der Waals surface area (Å²) in [6, 6.07) is 22.8. The number of hydrogen-bond acceptors (Lipinski definition) is 12. The summed E-state index contributed by atoms with van der Waals surface area (Å²) < 4.78 is 48.1. The number of hydrogen-bond donors (Lipinski definition) is 0. The Balaban J connectivity index is 0.928. The summed E-state index contributed by atoms with van der Waals surface area (Å²) >= 11 is 0. The van der Waals surface area contributed by atoms with Gasteiger partial charge in [0.2, 0.25) is 0 Å². The van der Waals surface area contributed by atoms with Crippen LogP contribution in [0, 0.1) is 5.21 Å². The molecule has 5 aromatic rings. The third-order valence-corrected chi connectivity index (χ3v) is 10.7. The lowest BCUT2D eigenvalue weighted by Crippen LogP contribution is -2.51.